The Labute approximate surface area is 148 Å². The van der Waals surface area contributed by atoms with Crippen molar-refractivity contribution in [3.8, 4) is 0 Å². The fraction of sp³-hybridized carbons (Fsp3) is 0.471. The first-order valence-corrected chi connectivity index (χ1v) is 9.28. The second kappa shape index (κ2) is 6.40. The van der Waals surface area contributed by atoms with Crippen molar-refractivity contribution in [3.63, 3.8) is 0 Å². The highest BCUT2D eigenvalue weighted by Crippen LogP contribution is 2.46. The number of hydrogen-bond donors (Lipinski definition) is 1. The van der Waals surface area contributed by atoms with Gasteiger partial charge in [0.05, 0.1) is 10.9 Å². The van der Waals surface area contributed by atoms with Gasteiger partial charge in [0.2, 0.25) is 5.91 Å². The van der Waals surface area contributed by atoms with Crippen molar-refractivity contribution in [3.05, 3.63) is 35.7 Å². The average Bonchev–Trinajstić information content (AvgIpc) is 3.50. The van der Waals surface area contributed by atoms with E-state index in [4.69, 9.17) is 0 Å². The zero-order valence-corrected chi connectivity index (χ0v) is 14.5. The summed E-state index contributed by atoms with van der Waals surface area (Å²) in [6, 6.07) is 3.42. The summed E-state index contributed by atoms with van der Waals surface area (Å²) in [5.74, 6) is -0.141. The summed E-state index contributed by atoms with van der Waals surface area (Å²) >= 11 is 1.30. The van der Waals surface area contributed by atoms with E-state index in [1.54, 1.807) is 6.92 Å². The number of anilines is 1. The fourth-order valence-electron chi connectivity index (χ4n) is 2.70. The van der Waals surface area contributed by atoms with E-state index >= 15 is 0 Å². The maximum Gasteiger partial charge on any atom is 0.237 e. The lowest BCUT2D eigenvalue weighted by Crippen LogP contribution is -2.23. The van der Waals surface area contributed by atoms with Gasteiger partial charge in [0.15, 0.2) is 5.16 Å². The van der Waals surface area contributed by atoms with Gasteiger partial charge >= 0.3 is 0 Å². The summed E-state index contributed by atoms with van der Waals surface area (Å²) in [5.41, 5.74) is -0.153. The van der Waals surface area contributed by atoms with Gasteiger partial charge in [-0.25, -0.2) is 8.78 Å². The Bertz CT molecular complexity index is 817. The van der Waals surface area contributed by atoms with Gasteiger partial charge in [-0.1, -0.05) is 11.8 Å². The second-order valence-corrected chi connectivity index (χ2v) is 7.90. The van der Waals surface area contributed by atoms with E-state index in [0.29, 0.717) is 12.0 Å². The van der Waals surface area contributed by atoms with E-state index in [2.05, 4.69) is 20.1 Å². The van der Waals surface area contributed by atoms with Crippen LogP contribution in [-0.4, -0.2) is 25.9 Å². The van der Waals surface area contributed by atoms with Gasteiger partial charge < -0.3 is 9.88 Å². The van der Waals surface area contributed by atoms with Crippen LogP contribution in [0.1, 0.15) is 50.4 Å². The summed E-state index contributed by atoms with van der Waals surface area (Å²) in [5, 5.41) is 11.2. The monoisotopic (exact) mass is 364 g/mol. The predicted molar refractivity (Wildman–Crippen MR) is 90.6 cm³/mol. The van der Waals surface area contributed by atoms with Crippen LogP contribution in [0.2, 0.25) is 0 Å². The topological polar surface area (TPSA) is 59.8 Å². The number of thioether (sulfide) groups is 1. The molecule has 8 heteroatoms. The molecular weight excluding hydrogens is 346 g/mol. The van der Waals surface area contributed by atoms with Gasteiger partial charge in [0.25, 0.3) is 0 Å². The molecule has 0 bridgehead atoms. The minimum Gasteiger partial charge on any atom is -0.323 e. The zero-order chi connectivity index (χ0) is 17.6. The smallest absolute Gasteiger partial charge is 0.237 e. The SMILES string of the molecule is CC(Sc1nnc(C2CC2)n1C1CC1)C(=O)Nc1cc(F)ccc1F. The molecule has 2 aliphatic carbocycles. The standard InChI is InChI=1S/C17H18F2N4OS/c1-9(16(24)20-14-8-11(18)4-7-13(14)19)25-17-22-21-15(10-2-3-10)23(17)12-5-6-12/h4,7-10,12H,2-3,5-6H2,1H3,(H,20,24). The number of carbonyl (C=O) groups is 1. The van der Waals surface area contributed by atoms with Crippen molar-refractivity contribution in [2.45, 2.75) is 55.0 Å². The van der Waals surface area contributed by atoms with Crippen LogP contribution in [0.4, 0.5) is 14.5 Å². The van der Waals surface area contributed by atoms with Crippen LogP contribution >= 0.6 is 11.8 Å². The first-order chi connectivity index (χ1) is 12.0. The van der Waals surface area contributed by atoms with E-state index in [-0.39, 0.29) is 5.69 Å². The maximum absolute atomic E-state index is 13.7. The lowest BCUT2D eigenvalue weighted by Gasteiger charge is -2.13. The molecule has 1 atom stereocenters. The van der Waals surface area contributed by atoms with E-state index in [0.717, 1.165) is 54.9 Å². The first kappa shape index (κ1) is 16.5. The normalized spacial score (nSPS) is 18.2. The molecule has 1 unspecified atom stereocenters. The Hall–Kier alpha value is -1.96. The number of carbonyl (C=O) groups excluding carboxylic acids is 1. The van der Waals surface area contributed by atoms with Gasteiger partial charge in [0.1, 0.15) is 17.5 Å². The molecule has 4 rings (SSSR count). The largest absolute Gasteiger partial charge is 0.323 e. The summed E-state index contributed by atoms with van der Waals surface area (Å²) < 4.78 is 29.1. The molecular formula is C17H18F2N4OS. The first-order valence-electron chi connectivity index (χ1n) is 8.40. The van der Waals surface area contributed by atoms with Crippen molar-refractivity contribution < 1.29 is 13.6 Å². The second-order valence-electron chi connectivity index (χ2n) is 6.59. The number of halogens is 2. The molecule has 1 heterocycles. The quantitative estimate of drug-likeness (QED) is 0.790. The number of amides is 1. The Morgan fingerprint density at radius 2 is 2.04 bits per heavy atom. The van der Waals surface area contributed by atoms with E-state index in [1.807, 2.05) is 0 Å². The van der Waals surface area contributed by atoms with Crippen molar-refractivity contribution in [2.75, 3.05) is 5.32 Å². The van der Waals surface area contributed by atoms with E-state index in [9.17, 15) is 13.6 Å². The molecule has 0 spiro atoms. The number of hydrogen-bond acceptors (Lipinski definition) is 4. The van der Waals surface area contributed by atoms with Crippen molar-refractivity contribution >= 4 is 23.4 Å². The lowest BCUT2D eigenvalue weighted by molar-refractivity contribution is -0.115. The van der Waals surface area contributed by atoms with E-state index < -0.39 is 22.8 Å². The third-order valence-electron chi connectivity index (χ3n) is 4.38. The van der Waals surface area contributed by atoms with Crippen molar-refractivity contribution in [1.82, 2.24) is 14.8 Å². The van der Waals surface area contributed by atoms with Crippen LogP contribution in [-0.2, 0) is 4.79 Å². The predicted octanol–water partition coefficient (Wildman–Crippen LogP) is 3.89. The van der Waals surface area contributed by atoms with Gasteiger partial charge in [0, 0.05) is 18.0 Å². The molecule has 2 saturated carbocycles. The molecule has 1 aromatic carbocycles. The molecule has 1 N–H and O–H groups in total. The third-order valence-corrected chi connectivity index (χ3v) is 5.44. The number of benzene rings is 1. The molecule has 1 amide bonds. The molecule has 1 aromatic heterocycles. The highest BCUT2D eigenvalue weighted by molar-refractivity contribution is 8.00. The van der Waals surface area contributed by atoms with Gasteiger partial charge in [-0.15, -0.1) is 10.2 Å². The summed E-state index contributed by atoms with van der Waals surface area (Å²) in [6.45, 7) is 1.72. The highest BCUT2D eigenvalue weighted by Gasteiger charge is 2.37. The third kappa shape index (κ3) is 3.53. The van der Waals surface area contributed by atoms with Crippen LogP contribution in [0.5, 0.6) is 0 Å². The minimum absolute atomic E-state index is 0.153. The summed E-state index contributed by atoms with van der Waals surface area (Å²) in [4.78, 5) is 12.4. The minimum atomic E-state index is -0.663. The number of nitrogens with zero attached hydrogens (tertiary/aromatic N) is 3. The van der Waals surface area contributed by atoms with E-state index in [1.165, 1.54) is 11.8 Å². The number of aromatic nitrogens is 3. The lowest BCUT2D eigenvalue weighted by atomic mass is 10.3. The van der Waals surface area contributed by atoms with Gasteiger partial charge in [-0.05, 0) is 44.7 Å². The van der Waals surface area contributed by atoms with Crippen LogP contribution in [0.25, 0.3) is 0 Å². The Morgan fingerprint density at radius 3 is 2.72 bits per heavy atom. The maximum atomic E-state index is 13.7. The Kier molecular flexibility index (Phi) is 4.23. The molecule has 0 aliphatic heterocycles. The van der Waals surface area contributed by atoms with Gasteiger partial charge in [-0.3, -0.25) is 4.79 Å². The van der Waals surface area contributed by atoms with Crippen molar-refractivity contribution in [1.29, 1.82) is 0 Å². The Morgan fingerprint density at radius 1 is 1.28 bits per heavy atom. The van der Waals surface area contributed by atoms with Crippen LogP contribution < -0.4 is 5.32 Å². The zero-order valence-electron chi connectivity index (χ0n) is 13.7. The summed E-state index contributed by atoms with van der Waals surface area (Å²) in [7, 11) is 0. The molecule has 5 nitrogen and oxygen atoms in total. The molecule has 132 valence electrons. The van der Waals surface area contributed by atoms with Crippen LogP contribution in [0.15, 0.2) is 23.4 Å². The average molecular weight is 364 g/mol. The van der Waals surface area contributed by atoms with Crippen molar-refractivity contribution in [2.24, 2.45) is 0 Å². The van der Waals surface area contributed by atoms with Gasteiger partial charge in [-0.2, -0.15) is 0 Å². The molecule has 2 fully saturated rings. The molecule has 0 radical (unpaired) electrons. The molecule has 2 aliphatic rings. The van der Waals surface area contributed by atoms with Crippen LogP contribution in [0, 0.1) is 11.6 Å². The fourth-order valence-corrected chi connectivity index (χ4v) is 3.63. The molecule has 25 heavy (non-hydrogen) atoms. The summed E-state index contributed by atoms with van der Waals surface area (Å²) in [6.07, 6.45) is 4.51. The number of nitrogens with one attached hydrogen (secondary N) is 1. The Balaban J connectivity index is 1.47. The number of rotatable bonds is 6. The highest BCUT2D eigenvalue weighted by atomic mass is 32.2. The molecule has 0 saturated heterocycles. The van der Waals surface area contributed by atoms with Crippen LogP contribution in [0.3, 0.4) is 0 Å². The molecule has 2 aromatic rings.